The van der Waals surface area contributed by atoms with Crippen molar-refractivity contribution in [1.82, 2.24) is 10.3 Å². The number of alkyl halides is 4. The third kappa shape index (κ3) is 5.73. The van der Waals surface area contributed by atoms with E-state index in [0.29, 0.717) is 36.4 Å². The van der Waals surface area contributed by atoms with Crippen molar-refractivity contribution in [3.63, 3.8) is 0 Å². The van der Waals surface area contributed by atoms with Crippen molar-refractivity contribution in [1.29, 1.82) is 0 Å². The molecule has 5 nitrogen and oxygen atoms in total. The molecule has 3 N–H and O–H groups in total. The summed E-state index contributed by atoms with van der Waals surface area (Å²) in [7, 11) is 0. The molecule has 2 aromatic carbocycles. The Morgan fingerprint density at radius 2 is 1.83 bits per heavy atom. The van der Waals surface area contributed by atoms with E-state index in [1.165, 1.54) is 24.3 Å². The quantitative estimate of drug-likeness (QED) is 0.335. The van der Waals surface area contributed by atoms with E-state index in [1.807, 2.05) is 18.2 Å². The number of hydrogen-bond acceptors (Lipinski definition) is 4. The summed E-state index contributed by atoms with van der Waals surface area (Å²) in [5.41, 5.74) is 1.32. The molecule has 0 amide bonds. The number of aromatic nitrogens is 1. The molecule has 0 fully saturated rings. The average Bonchev–Trinajstić information content (AvgIpc) is 2.70. The fraction of sp³-hybridized carbons (Fsp3) is 0.286. The monoisotopic (exact) mass is 423 g/mol. The van der Waals surface area contributed by atoms with Crippen molar-refractivity contribution in [2.75, 3.05) is 18.4 Å². The Bertz CT molecular complexity index is 1040. The van der Waals surface area contributed by atoms with Crippen LogP contribution in [0.15, 0.2) is 59.4 Å². The van der Waals surface area contributed by atoms with Crippen LogP contribution in [0.2, 0.25) is 0 Å². The van der Waals surface area contributed by atoms with Gasteiger partial charge in [0, 0.05) is 24.5 Å². The Labute approximate surface area is 170 Å². The van der Waals surface area contributed by atoms with Crippen molar-refractivity contribution in [3.05, 3.63) is 70.4 Å². The molecule has 0 bridgehead atoms. The SMILES string of the molecule is O=c1cc(NCCCNCc2cccc(OC(F)(F)C(F)F)c2)[nH]c2ccccc12. The second kappa shape index (κ2) is 9.62. The average molecular weight is 423 g/mol. The maximum atomic E-state index is 13.0. The topological polar surface area (TPSA) is 66.2 Å². The standard InChI is InChI=1S/C21H21F4N3O2/c22-20(23)21(24,25)30-15-6-3-5-14(11-15)13-26-9-4-10-27-19-12-18(29)16-7-1-2-8-17(16)28-19/h1-3,5-8,11-12,20,26H,4,9-10,13H2,(H2,27,28,29). The van der Waals surface area contributed by atoms with Crippen molar-refractivity contribution in [2.45, 2.75) is 25.5 Å². The van der Waals surface area contributed by atoms with Crippen LogP contribution in [0, 0.1) is 0 Å². The molecule has 0 aliphatic rings. The molecule has 0 aliphatic heterocycles. The number of benzene rings is 2. The number of para-hydroxylation sites is 1. The van der Waals surface area contributed by atoms with Gasteiger partial charge in [-0.25, -0.2) is 0 Å². The molecule has 0 unspecified atom stereocenters. The van der Waals surface area contributed by atoms with Crippen LogP contribution >= 0.6 is 0 Å². The summed E-state index contributed by atoms with van der Waals surface area (Å²) in [5, 5.41) is 6.92. The zero-order chi connectivity index (χ0) is 21.6. The number of anilines is 1. The van der Waals surface area contributed by atoms with Crippen LogP contribution in [0.5, 0.6) is 5.75 Å². The van der Waals surface area contributed by atoms with Gasteiger partial charge in [0.05, 0.1) is 5.52 Å². The second-order valence-electron chi connectivity index (χ2n) is 6.66. The van der Waals surface area contributed by atoms with Crippen LogP contribution in [0.3, 0.4) is 0 Å². The Morgan fingerprint density at radius 1 is 1.03 bits per heavy atom. The lowest BCUT2D eigenvalue weighted by atomic mass is 10.2. The third-order valence-corrected chi connectivity index (χ3v) is 4.32. The predicted molar refractivity (Wildman–Crippen MR) is 107 cm³/mol. The highest BCUT2D eigenvalue weighted by molar-refractivity contribution is 5.79. The summed E-state index contributed by atoms with van der Waals surface area (Å²) in [5.74, 6) is 0.310. The first-order chi connectivity index (χ1) is 14.3. The molecule has 0 aliphatic carbocycles. The Hall–Kier alpha value is -3.07. The first-order valence-electron chi connectivity index (χ1n) is 9.36. The zero-order valence-electron chi connectivity index (χ0n) is 15.9. The second-order valence-corrected chi connectivity index (χ2v) is 6.66. The van der Waals surface area contributed by atoms with Crippen LogP contribution < -0.4 is 20.8 Å². The number of hydrogen-bond donors (Lipinski definition) is 3. The van der Waals surface area contributed by atoms with Gasteiger partial charge >= 0.3 is 12.5 Å². The van der Waals surface area contributed by atoms with Crippen LogP contribution in [-0.2, 0) is 6.54 Å². The molecule has 0 saturated carbocycles. The molecular formula is C21H21F4N3O2. The smallest absolute Gasteiger partial charge is 0.428 e. The fourth-order valence-corrected chi connectivity index (χ4v) is 2.88. The van der Waals surface area contributed by atoms with Gasteiger partial charge in [-0.2, -0.15) is 17.6 Å². The molecule has 3 aromatic rings. The molecule has 30 heavy (non-hydrogen) atoms. The fourth-order valence-electron chi connectivity index (χ4n) is 2.88. The van der Waals surface area contributed by atoms with Gasteiger partial charge in [-0.15, -0.1) is 0 Å². The predicted octanol–water partition coefficient (Wildman–Crippen LogP) is 4.36. The van der Waals surface area contributed by atoms with E-state index in [1.54, 1.807) is 12.1 Å². The van der Waals surface area contributed by atoms with Crippen LogP contribution in [0.4, 0.5) is 23.4 Å². The normalized spacial score (nSPS) is 11.8. The third-order valence-electron chi connectivity index (χ3n) is 4.32. The molecule has 0 radical (unpaired) electrons. The summed E-state index contributed by atoms with van der Waals surface area (Å²) in [6, 6.07) is 14.4. The number of ether oxygens (including phenoxy) is 1. The van der Waals surface area contributed by atoms with E-state index in [9.17, 15) is 22.4 Å². The van der Waals surface area contributed by atoms with Crippen LogP contribution in [0.25, 0.3) is 10.9 Å². The highest BCUT2D eigenvalue weighted by atomic mass is 19.3. The van der Waals surface area contributed by atoms with Gasteiger partial charge in [0.2, 0.25) is 0 Å². The summed E-state index contributed by atoms with van der Waals surface area (Å²) >= 11 is 0. The number of halogens is 4. The van der Waals surface area contributed by atoms with Crippen LogP contribution in [0.1, 0.15) is 12.0 Å². The Kier molecular flexibility index (Phi) is 6.94. The lowest BCUT2D eigenvalue weighted by molar-refractivity contribution is -0.253. The minimum Gasteiger partial charge on any atom is -0.428 e. The molecule has 1 aromatic heterocycles. The first-order valence-corrected chi connectivity index (χ1v) is 9.36. The summed E-state index contributed by atoms with van der Waals surface area (Å²) < 4.78 is 54.5. The van der Waals surface area contributed by atoms with Gasteiger partial charge in [-0.1, -0.05) is 24.3 Å². The van der Waals surface area contributed by atoms with E-state index < -0.39 is 12.5 Å². The van der Waals surface area contributed by atoms with Gasteiger partial charge < -0.3 is 20.4 Å². The van der Waals surface area contributed by atoms with Gasteiger partial charge in [0.1, 0.15) is 11.6 Å². The highest BCUT2D eigenvalue weighted by Gasteiger charge is 2.43. The lowest BCUT2D eigenvalue weighted by Gasteiger charge is -2.17. The number of rotatable bonds is 10. The molecule has 0 saturated heterocycles. The van der Waals surface area contributed by atoms with Gasteiger partial charge in [-0.05, 0) is 42.8 Å². The number of fused-ring (bicyclic) bond motifs is 1. The maximum Gasteiger partial charge on any atom is 0.461 e. The number of aromatic amines is 1. The maximum absolute atomic E-state index is 13.0. The Morgan fingerprint density at radius 3 is 2.63 bits per heavy atom. The van der Waals surface area contributed by atoms with Crippen molar-refractivity contribution >= 4 is 16.7 Å². The molecule has 0 atom stereocenters. The molecule has 1 heterocycles. The number of pyridine rings is 1. The van der Waals surface area contributed by atoms with E-state index in [0.717, 1.165) is 11.9 Å². The first kappa shape index (κ1) is 21.6. The number of nitrogens with one attached hydrogen (secondary N) is 3. The molecular weight excluding hydrogens is 402 g/mol. The van der Waals surface area contributed by atoms with E-state index in [-0.39, 0.29) is 11.2 Å². The minimum absolute atomic E-state index is 0.0653. The van der Waals surface area contributed by atoms with Gasteiger partial charge in [0.25, 0.3) is 0 Å². The molecule has 9 heteroatoms. The minimum atomic E-state index is -4.53. The molecule has 3 rings (SSSR count). The molecule has 160 valence electrons. The van der Waals surface area contributed by atoms with Crippen molar-refractivity contribution in [2.24, 2.45) is 0 Å². The molecule has 0 spiro atoms. The van der Waals surface area contributed by atoms with E-state index in [2.05, 4.69) is 20.4 Å². The highest BCUT2D eigenvalue weighted by Crippen LogP contribution is 2.27. The van der Waals surface area contributed by atoms with E-state index in [4.69, 9.17) is 0 Å². The van der Waals surface area contributed by atoms with Crippen molar-refractivity contribution < 1.29 is 22.3 Å². The zero-order valence-corrected chi connectivity index (χ0v) is 15.9. The van der Waals surface area contributed by atoms with E-state index >= 15 is 0 Å². The summed E-state index contributed by atoms with van der Waals surface area (Å²) in [6.45, 7) is 1.58. The van der Waals surface area contributed by atoms with Gasteiger partial charge in [0.15, 0.2) is 5.43 Å². The van der Waals surface area contributed by atoms with Crippen molar-refractivity contribution in [3.8, 4) is 5.75 Å². The number of H-pyrrole nitrogens is 1. The van der Waals surface area contributed by atoms with Gasteiger partial charge in [-0.3, -0.25) is 4.79 Å². The lowest BCUT2D eigenvalue weighted by Crippen LogP contribution is -2.33. The summed E-state index contributed by atoms with van der Waals surface area (Å²) in [4.78, 5) is 15.2. The Balaban J connectivity index is 1.43. The summed E-state index contributed by atoms with van der Waals surface area (Å²) in [6.07, 6.45) is -7.69. The largest absolute Gasteiger partial charge is 0.461 e. The van der Waals surface area contributed by atoms with Crippen LogP contribution in [-0.4, -0.2) is 30.6 Å².